The zero-order valence-electron chi connectivity index (χ0n) is 13.8. The summed E-state index contributed by atoms with van der Waals surface area (Å²) in [5, 5.41) is 1.27. The highest BCUT2D eigenvalue weighted by Crippen LogP contribution is 2.32. The SMILES string of the molecule is CCc1oc2ccccc2c1CN1CCC(N)C(C)(C)C1.Cl. The number of hydrogen-bond donors (Lipinski definition) is 1. The van der Waals surface area contributed by atoms with Crippen LogP contribution in [0.2, 0.25) is 0 Å². The number of furan rings is 1. The highest BCUT2D eigenvalue weighted by Gasteiger charge is 2.33. The Kier molecular flexibility index (Phi) is 5.21. The Morgan fingerprint density at radius 2 is 2.05 bits per heavy atom. The Morgan fingerprint density at radius 3 is 2.73 bits per heavy atom. The molecule has 2 N–H and O–H groups in total. The van der Waals surface area contributed by atoms with Gasteiger partial charge in [-0.1, -0.05) is 39.0 Å². The fourth-order valence-electron chi connectivity index (χ4n) is 3.45. The van der Waals surface area contributed by atoms with Gasteiger partial charge in [0, 0.05) is 43.0 Å². The van der Waals surface area contributed by atoms with Crippen LogP contribution in [0.25, 0.3) is 11.0 Å². The van der Waals surface area contributed by atoms with Gasteiger partial charge in [-0.05, 0) is 17.9 Å². The highest BCUT2D eigenvalue weighted by atomic mass is 35.5. The summed E-state index contributed by atoms with van der Waals surface area (Å²) in [6.45, 7) is 9.81. The van der Waals surface area contributed by atoms with Crippen LogP contribution in [-0.2, 0) is 13.0 Å². The lowest BCUT2D eigenvalue weighted by Crippen LogP contribution is -2.52. The highest BCUT2D eigenvalue weighted by molar-refractivity contribution is 5.85. The third-order valence-electron chi connectivity index (χ3n) is 4.88. The summed E-state index contributed by atoms with van der Waals surface area (Å²) in [6.07, 6.45) is 2.02. The monoisotopic (exact) mass is 322 g/mol. The minimum Gasteiger partial charge on any atom is -0.461 e. The zero-order valence-corrected chi connectivity index (χ0v) is 14.6. The second-order valence-corrected chi connectivity index (χ2v) is 6.95. The number of hydrogen-bond acceptors (Lipinski definition) is 3. The summed E-state index contributed by atoms with van der Waals surface area (Å²) < 4.78 is 6.01. The predicted octanol–water partition coefficient (Wildman–Crippen LogP) is 3.98. The molecular weight excluding hydrogens is 296 g/mol. The van der Waals surface area contributed by atoms with Crippen molar-refractivity contribution < 1.29 is 4.42 Å². The van der Waals surface area contributed by atoms with Gasteiger partial charge in [0.2, 0.25) is 0 Å². The van der Waals surface area contributed by atoms with E-state index in [2.05, 4.69) is 43.9 Å². The van der Waals surface area contributed by atoms with Gasteiger partial charge < -0.3 is 10.2 Å². The van der Waals surface area contributed by atoms with Crippen molar-refractivity contribution in [2.75, 3.05) is 13.1 Å². The van der Waals surface area contributed by atoms with Crippen molar-refractivity contribution in [3.8, 4) is 0 Å². The number of likely N-dealkylation sites (tertiary alicyclic amines) is 1. The van der Waals surface area contributed by atoms with Crippen LogP contribution in [0.4, 0.5) is 0 Å². The normalized spacial score (nSPS) is 21.7. The Labute approximate surface area is 139 Å². The molecule has 22 heavy (non-hydrogen) atoms. The van der Waals surface area contributed by atoms with Crippen LogP contribution in [-0.4, -0.2) is 24.0 Å². The Balaban J connectivity index is 0.00000176. The minimum atomic E-state index is 0. The van der Waals surface area contributed by atoms with E-state index < -0.39 is 0 Å². The van der Waals surface area contributed by atoms with E-state index in [4.69, 9.17) is 10.2 Å². The third kappa shape index (κ3) is 3.17. The molecule has 1 fully saturated rings. The van der Waals surface area contributed by atoms with E-state index in [-0.39, 0.29) is 17.8 Å². The summed E-state index contributed by atoms with van der Waals surface area (Å²) in [7, 11) is 0. The van der Waals surface area contributed by atoms with Gasteiger partial charge in [-0.3, -0.25) is 4.90 Å². The summed E-state index contributed by atoms with van der Waals surface area (Å²) in [6, 6.07) is 8.68. The van der Waals surface area contributed by atoms with E-state index in [0.717, 1.165) is 43.8 Å². The van der Waals surface area contributed by atoms with Gasteiger partial charge >= 0.3 is 0 Å². The first-order valence-electron chi connectivity index (χ1n) is 7.98. The molecule has 3 nitrogen and oxygen atoms in total. The number of aryl methyl sites for hydroxylation is 1. The molecule has 1 aromatic heterocycles. The van der Waals surface area contributed by atoms with Crippen LogP contribution in [0.1, 0.15) is 38.5 Å². The quantitative estimate of drug-likeness (QED) is 0.929. The molecule has 1 unspecified atom stereocenters. The maximum absolute atomic E-state index is 6.25. The molecule has 122 valence electrons. The number of fused-ring (bicyclic) bond motifs is 1. The van der Waals surface area contributed by atoms with Crippen molar-refractivity contribution in [3.05, 3.63) is 35.6 Å². The van der Waals surface area contributed by atoms with E-state index in [9.17, 15) is 0 Å². The van der Waals surface area contributed by atoms with E-state index in [1.54, 1.807) is 0 Å². The van der Waals surface area contributed by atoms with Crippen LogP contribution in [0.3, 0.4) is 0 Å². The second kappa shape index (κ2) is 6.61. The van der Waals surface area contributed by atoms with Crippen molar-refractivity contribution in [1.82, 2.24) is 4.90 Å². The van der Waals surface area contributed by atoms with Crippen molar-refractivity contribution in [3.63, 3.8) is 0 Å². The van der Waals surface area contributed by atoms with Gasteiger partial charge in [0.15, 0.2) is 0 Å². The minimum absolute atomic E-state index is 0. The Morgan fingerprint density at radius 1 is 1.32 bits per heavy atom. The summed E-state index contributed by atoms with van der Waals surface area (Å²) in [4.78, 5) is 2.53. The zero-order chi connectivity index (χ0) is 15.0. The standard InChI is InChI=1S/C18H26N2O.ClH/c1-4-15-14(13-7-5-6-8-16(13)21-15)11-20-10-9-17(19)18(2,3)12-20;/h5-8,17H,4,9-12,19H2,1-3H3;1H. The molecular formula is C18H27ClN2O. The molecule has 2 aromatic rings. The lowest BCUT2D eigenvalue weighted by Gasteiger charge is -2.42. The summed E-state index contributed by atoms with van der Waals surface area (Å²) in [5.74, 6) is 1.13. The molecule has 1 saturated heterocycles. The average Bonchev–Trinajstić information content (AvgIpc) is 2.81. The third-order valence-corrected chi connectivity index (χ3v) is 4.88. The number of halogens is 1. The second-order valence-electron chi connectivity index (χ2n) is 6.95. The maximum Gasteiger partial charge on any atom is 0.134 e. The molecule has 1 aliphatic rings. The van der Waals surface area contributed by atoms with Gasteiger partial charge in [-0.15, -0.1) is 12.4 Å². The van der Waals surface area contributed by atoms with Crippen molar-refractivity contribution in [2.24, 2.45) is 11.1 Å². The van der Waals surface area contributed by atoms with Crippen molar-refractivity contribution in [2.45, 2.75) is 46.2 Å². The molecule has 2 heterocycles. The summed E-state index contributed by atoms with van der Waals surface area (Å²) >= 11 is 0. The Hall–Kier alpha value is -1.03. The van der Waals surface area contributed by atoms with Crippen LogP contribution in [0, 0.1) is 5.41 Å². The van der Waals surface area contributed by atoms with Crippen LogP contribution in [0.5, 0.6) is 0 Å². The van der Waals surface area contributed by atoms with Gasteiger partial charge in [-0.25, -0.2) is 0 Å². The van der Waals surface area contributed by atoms with Crippen LogP contribution in [0.15, 0.2) is 28.7 Å². The van der Waals surface area contributed by atoms with Crippen LogP contribution < -0.4 is 5.73 Å². The van der Waals surface area contributed by atoms with Gasteiger partial charge in [0.1, 0.15) is 11.3 Å². The lowest BCUT2D eigenvalue weighted by molar-refractivity contribution is 0.0897. The van der Waals surface area contributed by atoms with Gasteiger partial charge in [-0.2, -0.15) is 0 Å². The molecule has 1 atom stereocenters. The summed E-state index contributed by atoms with van der Waals surface area (Å²) in [5.41, 5.74) is 8.81. The first kappa shape index (κ1) is 17.3. The first-order chi connectivity index (χ1) is 10.0. The molecule has 0 radical (unpaired) electrons. The number of nitrogens with two attached hydrogens (primary N) is 1. The fraction of sp³-hybridized carbons (Fsp3) is 0.556. The van der Waals surface area contributed by atoms with E-state index in [1.807, 2.05) is 6.07 Å². The number of piperidine rings is 1. The van der Waals surface area contributed by atoms with E-state index >= 15 is 0 Å². The smallest absolute Gasteiger partial charge is 0.134 e. The molecule has 0 spiro atoms. The lowest BCUT2D eigenvalue weighted by atomic mass is 9.79. The number of rotatable bonds is 3. The fourth-order valence-corrected chi connectivity index (χ4v) is 3.45. The van der Waals surface area contributed by atoms with Gasteiger partial charge in [0.05, 0.1) is 0 Å². The van der Waals surface area contributed by atoms with Crippen LogP contribution >= 0.6 is 12.4 Å². The molecule has 0 aliphatic carbocycles. The topological polar surface area (TPSA) is 42.4 Å². The molecule has 3 rings (SSSR count). The van der Waals surface area contributed by atoms with Crippen molar-refractivity contribution >= 4 is 23.4 Å². The molecule has 0 bridgehead atoms. The van der Waals surface area contributed by atoms with E-state index in [1.165, 1.54) is 10.9 Å². The molecule has 0 saturated carbocycles. The van der Waals surface area contributed by atoms with Gasteiger partial charge in [0.25, 0.3) is 0 Å². The Bertz CT molecular complexity index is 635. The molecule has 1 aliphatic heterocycles. The number of para-hydroxylation sites is 1. The molecule has 0 amide bonds. The molecule has 1 aromatic carbocycles. The maximum atomic E-state index is 6.25. The number of nitrogens with zero attached hydrogens (tertiary/aromatic N) is 1. The largest absolute Gasteiger partial charge is 0.461 e. The number of benzene rings is 1. The van der Waals surface area contributed by atoms with Crippen molar-refractivity contribution in [1.29, 1.82) is 0 Å². The van der Waals surface area contributed by atoms with E-state index in [0.29, 0.717) is 6.04 Å². The average molecular weight is 323 g/mol. The predicted molar refractivity (Wildman–Crippen MR) is 94.5 cm³/mol. The first-order valence-corrected chi connectivity index (χ1v) is 7.98. The molecule has 4 heteroatoms.